The third kappa shape index (κ3) is 2.60. The van der Waals surface area contributed by atoms with E-state index in [1.54, 1.807) is 0 Å². The minimum Gasteiger partial charge on any atom is -0.265 e. The maximum absolute atomic E-state index is 4.75. The van der Waals surface area contributed by atoms with Gasteiger partial charge in [-0.2, -0.15) is 5.10 Å². The van der Waals surface area contributed by atoms with Gasteiger partial charge in [0, 0.05) is 13.0 Å². The van der Waals surface area contributed by atoms with E-state index in [-0.39, 0.29) is 0 Å². The number of hydrogen-bond acceptors (Lipinski definition) is 2. The van der Waals surface area contributed by atoms with Crippen LogP contribution in [0.2, 0.25) is 0 Å². The summed E-state index contributed by atoms with van der Waals surface area (Å²) in [5.41, 5.74) is 4.98. The van der Waals surface area contributed by atoms with Crippen LogP contribution in [0.3, 0.4) is 0 Å². The highest BCUT2D eigenvalue weighted by Gasteiger charge is 2.17. The normalized spacial score (nSPS) is 14.8. The quantitative estimate of drug-likeness (QED) is 0.801. The summed E-state index contributed by atoms with van der Waals surface area (Å²) in [6.45, 7) is 5.41. The predicted molar refractivity (Wildman–Crippen MR) is 85.5 cm³/mol. The first-order valence-electron chi connectivity index (χ1n) is 7.24. The van der Waals surface area contributed by atoms with E-state index in [4.69, 9.17) is 5.10 Å². The van der Waals surface area contributed by atoms with Gasteiger partial charge in [0.2, 0.25) is 0 Å². The van der Waals surface area contributed by atoms with Gasteiger partial charge in [-0.05, 0) is 29.2 Å². The van der Waals surface area contributed by atoms with Crippen LogP contribution in [-0.4, -0.2) is 12.3 Å². The van der Waals surface area contributed by atoms with Gasteiger partial charge < -0.3 is 0 Å². The topological polar surface area (TPSA) is 15.6 Å². The number of anilines is 1. The van der Waals surface area contributed by atoms with E-state index in [0.29, 0.717) is 5.92 Å². The van der Waals surface area contributed by atoms with Crippen molar-refractivity contribution in [3.05, 3.63) is 65.7 Å². The van der Waals surface area contributed by atoms with E-state index < -0.39 is 0 Å². The Hall–Kier alpha value is -2.09. The van der Waals surface area contributed by atoms with Gasteiger partial charge in [0.25, 0.3) is 0 Å². The molecule has 3 rings (SSSR count). The standard InChI is InChI=1S/C18H20N2/c1-14(2)15-8-10-16(11-9-15)18-12-13-20(19-18)17-6-4-3-5-7-17/h3-11,14H,12-13H2,1-2H3. The van der Waals surface area contributed by atoms with E-state index in [9.17, 15) is 0 Å². The maximum atomic E-state index is 4.75. The Kier molecular flexibility index (Phi) is 3.55. The van der Waals surface area contributed by atoms with E-state index in [1.165, 1.54) is 22.5 Å². The van der Waals surface area contributed by atoms with Crippen LogP contribution in [0.25, 0.3) is 0 Å². The van der Waals surface area contributed by atoms with Gasteiger partial charge in [0.05, 0.1) is 11.4 Å². The molecule has 0 saturated heterocycles. The van der Waals surface area contributed by atoms with E-state index in [0.717, 1.165) is 13.0 Å². The predicted octanol–water partition coefficient (Wildman–Crippen LogP) is 4.42. The summed E-state index contributed by atoms with van der Waals surface area (Å²) in [7, 11) is 0. The van der Waals surface area contributed by atoms with E-state index in [2.05, 4.69) is 67.4 Å². The highest BCUT2D eigenvalue weighted by atomic mass is 15.5. The molecule has 0 bridgehead atoms. The summed E-state index contributed by atoms with van der Waals surface area (Å²) in [5.74, 6) is 0.579. The first kappa shape index (κ1) is 12.9. The van der Waals surface area contributed by atoms with Crippen molar-refractivity contribution in [1.82, 2.24) is 0 Å². The van der Waals surface area contributed by atoms with Crippen LogP contribution in [0.15, 0.2) is 59.7 Å². The van der Waals surface area contributed by atoms with Gasteiger partial charge in [-0.15, -0.1) is 0 Å². The average Bonchev–Trinajstić information content (AvgIpc) is 2.98. The number of hydrogen-bond donors (Lipinski definition) is 0. The lowest BCUT2D eigenvalue weighted by Crippen LogP contribution is -2.11. The molecule has 1 heterocycles. The number of nitrogens with zero attached hydrogens (tertiary/aromatic N) is 2. The van der Waals surface area contributed by atoms with Crippen molar-refractivity contribution < 1.29 is 0 Å². The van der Waals surface area contributed by atoms with Crippen LogP contribution in [0.5, 0.6) is 0 Å². The zero-order valence-electron chi connectivity index (χ0n) is 12.1. The van der Waals surface area contributed by atoms with Crippen molar-refractivity contribution in [1.29, 1.82) is 0 Å². The second-order valence-corrected chi connectivity index (χ2v) is 5.53. The maximum Gasteiger partial charge on any atom is 0.0700 e. The summed E-state index contributed by atoms with van der Waals surface area (Å²) in [4.78, 5) is 0. The first-order valence-corrected chi connectivity index (χ1v) is 7.24. The van der Waals surface area contributed by atoms with Crippen LogP contribution in [0.4, 0.5) is 5.69 Å². The van der Waals surface area contributed by atoms with Gasteiger partial charge in [-0.1, -0.05) is 56.3 Å². The molecule has 0 aliphatic carbocycles. The first-order chi connectivity index (χ1) is 9.74. The molecule has 0 unspecified atom stereocenters. The molecule has 0 radical (unpaired) electrons. The Balaban J connectivity index is 1.81. The molecular formula is C18H20N2. The van der Waals surface area contributed by atoms with Crippen molar-refractivity contribution in [2.45, 2.75) is 26.2 Å². The molecule has 0 fully saturated rings. The molecular weight excluding hydrogens is 244 g/mol. The number of rotatable bonds is 3. The third-order valence-electron chi connectivity index (χ3n) is 3.77. The van der Waals surface area contributed by atoms with Gasteiger partial charge in [-0.3, -0.25) is 5.01 Å². The van der Waals surface area contributed by atoms with Crippen LogP contribution >= 0.6 is 0 Å². The summed E-state index contributed by atoms with van der Waals surface area (Å²) < 4.78 is 0. The molecule has 2 heteroatoms. The number of benzene rings is 2. The fourth-order valence-electron chi connectivity index (χ4n) is 2.51. The lowest BCUT2D eigenvalue weighted by atomic mass is 10.00. The Labute approximate surface area is 120 Å². The molecule has 20 heavy (non-hydrogen) atoms. The van der Waals surface area contributed by atoms with Gasteiger partial charge in [0.1, 0.15) is 0 Å². The van der Waals surface area contributed by atoms with Crippen LogP contribution in [0, 0.1) is 0 Å². The fourth-order valence-corrected chi connectivity index (χ4v) is 2.51. The highest BCUT2D eigenvalue weighted by Crippen LogP contribution is 2.22. The fraction of sp³-hybridized carbons (Fsp3) is 0.278. The summed E-state index contributed by atoms with van der Waals surface area (Å²) in [5, 5.41) is 6.84. The Morgan fingerprint density at radius 1 is 0.950 bits per heavy atom. The molecule has 2 aromatic carbocycles. The van der Waals surface area contributed by atoms with Gasteiger partial charge >= 0.3 is 0 Å². The van der Waals surface area contributed by atoms with E-state index in [1.807, 2.05) is 6.07 Å². The van der Waals surface area contributed by atoms with Crippen molar-refractivity contribution in [3.63, 3.8) is 0 Å². The van der Waals surface area contributed by atoms with Gasteiger partial charge in [0.15, 0.2) is 0 Å². The average molecular weight is 264 g/mol. The molecule has 1 aliphatic heterocycles. The molecule has 0 spiro atoms. The minimum atomic E-state index is 0.579. The van der Waals surface area contributed by atoms with Crippen molar-refractivity contribution in [2.24, 2.45) is 5.10 Å². The van der Waals surface area contributed by atoms with Crippen molar-refractivity contribution >= 4 is 11.4 Å². The highest BCUT2D eigenvalue weighted by molar-refractivity contribution is 6.02. The molecule has 2 aromatic rings. The molecule has 0 aromatic heterocycles. The monoisotopic (exact) mass is 264 g/mol. The van der Waals surface area contributed by atoms with Crippen LogP contribution in [0.1, 0.15) is 37.3 Å². The van der Waals surface area contributed by atoms with Crippen molar-refractivity contribution in [2.75, 3.05) is 11.6 Å². The Morgan fingerprint density at radius 2 is 1.65 bits per heavy atom. The SMILES string of the molecule is CC(C)c1ccc(C2=NN(c3ccccc3)CC2)cc1. The minimum absolute atomic E-state index is 0.579. The molecule has 0 atom stereocenters. The second kappa shape index (κ2) is 5.49. The molecule has 2 nitrogen and oxygen atoms in total. The lowest BCUT2D eigenvalue weighted by Gasteiger charge is -2.12. The number of hydrazone groups is 1. The zero-order valence-corrected chi connectivity index (χ0v) is 12.1. The summed E-state index contributed by atoms with van der Waals surface area (Å²) in [6.07, 6.45) is 1.01. The third-order valence-corrected chi connectivity index (χ3v) is 3.77. The molecule has 0 N–H and O–H groups in total. The Bertz CT molecular complexity index is 597. The molecule has 0 saturated carbocycles. The smallest absolute Gasteiger partial charge is 0.0700 e. The molecule has 102 valence electrons. The van der Waals surface area contributed by atoms with Crippen molar-refractivity contribution in [3.8, 4) is 0 Å². The number of para-hydroxylation sites is 1. The van der Waals surface area contributed by atoms with E-state index >= 15 is 0 Å². The van der Waals surface area contributed by atoms with Crippen LogP contribution in [-0.2, 0) is 0 Å². The largest absolute Gasteiger partial charge is 0.265 e. The molecule has 1 aliphatic rings. The Morgan fingerprint density at radius 3 is 2.30 bits per heavy atom. The summed E-state index contributed by atoms with van der Waals surface area (Å²) in [6, 6.07) is 19.2. The van der Waals surface area contributed by atoms with Gasteiger partial charge in [-0.25, -0.2) is 0 Å². The second-order valence-electron chi connectivity index (χ2n) is 5.53. The lowest BCUT2D eigenvalue weighted by molar-refractivity contribution is 0.866. The zero-order chi connectivity index (χ0) is 13.9. The molecule has 0 amide bonds. The van der Waals surface area contributed by atoms with Crippen LogP contribution < -0.4 is 5.01 Å². The summed E-state index contributed by atoms with van der Waals surface area (Å²) >= 11 is 0.